The van der Waals surface area contributed by atoms with E-state index >= 15 is 0 Å². The van der Waals surface area contributed by atoms with Gasteiger partial charge in [-0.25, -0.2) is 0 Å². The summed E-state index contributed by atoms with van der Waals surface area (Å²) < 4.78 is 3.14. The van der Waals surface area contributed by atoms with Crippen molar-refractivity contribution in [1.82, 2.24) is 15.1 Å². The molecule has 2 aliphatic rings. The van der Waals surface area contributed by atoms with Gasteiger partial charge in [0.2, 0.25) is 5.91 Å². The van der Waals surface area contributed by atoms with Crippen molar-refractivity contribution in [2.24, 2.45) is 5.73 Å². The van der Waals surface area contributed by atoms with Crippen LogP contribution in [0, 0.1) is 13.8 Å². The fraction of sp³-hybridized carbons (Fsp3) is 0.733. The summed E-state index contributed by atoms with van der Waals surface area (Å²) >= 11 is 3.58. The molecule has 2 unspecified atom stereocenters. The number of rotatable bonds is 4. The van der Waals surface area contributed by atoms with Crippen LogP contribution in [0.3, 0.4) is 0 Å². The second kappa shape index (κ2) is 5.39. The zero-order valence-corrected chi connectivity index (χ0v) is 14.2. The molecule has 2 fully saturated rings. The van der Waals surface area contributed by atoms with Gasteiger partial charge in [-0.3, -0.25) is 9.48 Å². The summed E-state index contributed by atoms with van der Waals surface area (Å²) in [6.45, 7) is 4.07. The molecule has 3 rings (SSSR count). The molecule has 2 aliphatic carbocycles. The van der Waals surface area contributed by atoms with Crippen LogP contribution >= 0.6 is 15.9 Å². The number of hydrogen-bond acceptors (Lipinski definition) is 3. The van der Waals surface area contributed by atoms with Crippen LogP contribution in [0.2, 0.25) is 0 Å². The normalized spacial score (nSPS) is 29.6. The number of aromatic nitrogens is 2. The number of nitrogens with one attached hydrogen (secondary N) is 1. The van der Waals surface area contributed by atoms with Gasteiger partial charge in [-0.05, 0) is 68.3 Å². The van der Waals surface area contributed by atoms with Gasteiger partial charge >= 0.3 is 0 Å². The Kier molecular flexibility index (Phi) is 3.86. The van der Waals surface area contributed by atoms with E-state index in [-0.39, 0.29) is 11.9 Å². The Morgan fingerprint density at radius 3 is 2.67 bits per heavy atom. The van der Waals surface area contributed by atoms with Crippen LogP contribution in [-0.4, -0.2) is 27.3 Å². The monoisotopic (exact) mass is 354 g/mol. The van der Waals surface area contributed by atoms with Gasteiger partial charge in [0, 0.05) is 6.04 Å². The molecular weight excluding hydrogens is 332 g/mol. The highest BCUT2D eigenvalue weighted by Crippen LogP contribution is 2.39. The second-order valence-corrected chi connectivity index (χ2v) is 7.34. The van der Waals surface area contributed by atoms with Crippen molar-refractivity contribution in [2.45, 2.75) is 70.0 Å². The average molecular weight is 355 g/mol. The van der Waals surface area contributed by atoms with Gasteiger partial charge < -0.3 is 11.1 Å². The maximum absolute atomic E-state index is 12.1. The number of primary amides is 1. The van der Waals surface area contributed by atoms with Crippen LogP contribution in [0.1, 0.15) is 56.0 Å². The molecule has 116 valence electrons. The summed E-state index contributed by atoms with van der Waals surface area (Å²) in [6.07, 6.45) is 5.96. The predicted molar refractivity (Wildman–Crippen MR) is 85.0 cm³/mol. The highest BCUT2D eigenvalue weighted by atomic mass is 79.9. The fourth-order valence-electron chi connectivity index (χ4n) is 3.50. The van der Waals surface area contributed by atoms with Crippen molar-refractivity contribution in [3.05, 3.63) is 15.9 Å². The Hall–Kier alpha value is -0.880. The maximum Gasteiger partial charge on any atom is 0.237 e. The molecule has 3 N–H and O–H groups in total. The minimum Gasteiger partial charge on any atom is -0.368 e. The first kappa shape index (κ1) is 15.0. The molecule has 21 heavy (non-hydrogen) atoms. The van der Waals surface area contributed by atoms with Crippen molar-refractivity contribution < 1.29 is 4.79 Å². The van der Waals surface area contributed by atoms with E-state index in [0.29, 0.717) is 6.04 Å². The predicted octanol–water partition coefficient (Wildman–Crippen LogP) is 2.35. The van der Waals surface area contributed by atoms with Gasteiger partial charge in [0.05, 0.1) is 27.4 Å². The molecule has 1 heterocycles. The van der Waals surface area contributed by atoms with E-state index in [1.807, 2.05) is 6.92 Å². The Morgan fingerprint density at radius 1 is 1.43 bits per heavy atom. The summed E-state index contributed by atoms with van der Waals surface area (Å²) in [4.78, 5) is 12.1. The van der Waals surface area contributed by atoms with Crippen LogP contribution in [0.5, 0.6) is 0 Å². The lowest BCUT2D eigenvalue weighted by Crippen LogP contribution is -2.58. The van der Waals surface area contributed by atoms with Gasteiger partial charge in [0.15, 0.2) is 0 Å². The first-order chi connectivity index (χ1) is 9.93. The Labute approximate surface area is 133 Å². The van der Waals surface area contributed by atoms with E-state index < -0.39 is 5.54 Å². The van der Waals surface area contributed by atoms with Gasteiger partial charge in [-0.15, -0.1) is 0 Å². The molecule has 1 amide bonds. The molecule has 2 saturated carbocycles. The molecule has 5 nitrogen and oxygen atoms in total. The van der Waals surface area contributed by atoms with E-state index in [4.69, 9.17) is 5.73 Å². The first-order valence-electron chi connectivity index (χ1n) is 7.72. The van der Waals surface area contributed by atoms with Gasteiger partial charge in [0.1, 0.15) is 0 Å². The largest absolute Gasteiger partial charge is 0.368 e. The van der Waals surface area contributed by atoms with Gasteiger partial charge in [-0.1, -0.05) is 0 Å². The highest BCUT2D eigenvalue weighted by molar-refractivity contribution is 9.10. The SMILES string of the molecule is Cc1nn(C2CCCC(NC3CC3)(C(N)=O)C2)c(C)c1Br. The van der Waals surface area contributed by atoms with E-state index in [2.05, 4.69) is 38.0 Å². The number of halogens is 1. The van der Waals surface area contributed by atoms with Crippen LogP contribution in [0.4, 0.5) is 0 Å². The van der Waals surface area contributed by atoms with Gasteiger partial charge in [-0.2, -0.15) is 5.10 Å². The fourth-order valence-corrected chi connectivity index (χ4v) is 3.76. The summed E-state index contributed by atoms with van der Waals surface area (Å²) in [5.41, 5.74) is 7.33. The number of aryl methyl sites for hydroxylation is 1. The first-order valence-corrected chi connectivity index (χ1v) is 8.51. The highest BCUT2D eigenvalue weighted by Gasteiger charge is 2.45. The number of amides is 1. The van der Waals surface area contributed by atoms with Crippen LogP contribution < -0.4 is 11.1 Å². The zero-order valence-electron chi connectivity index (χ0n) is 12.7. The summed E-state index contributed by atoms with van der Waals surface area (Å²) in [5.74, 6) is -0.209. The number of nitrogens with zero attached hydrogens (tertiary/aromatic N) is 2. The van der Waals surface area contributed by atoms with Crippen molar-refractivity contribution in [3.63, 3.8) is 0 Å². The van der Waals surface area contributed by atoms with Gasteiger partial charge in [0.25, 0.3) is 0 Å². The molecule has 1 aromatic heterocycles. The standard InChI is InChI=1S/C15H23BrN4O/c1-9-13(16)10(2)20(19-9)12-4-3-7-15(8-12,14(17)21)18-11-5-6-11/h11-12,18H,3-8H2,1-2H3,(H2,17,21). The number of carbonyl (C=O) groups excluding carboxylic acids is 1. The molecule has 0 bridgehead atoms. The molecule has 1 aromatic rings. The average Bonchev–Trinajstić information content (AvgIpc) is 3.22. The van der Waals surface area contributed by atoms with E-state index in [1.165, 1.54) is 0 Å². The van der Waals surface area contributed by atoms with Crippen LogP contribution in [-0.2, 0) is 4.79 Å². The third-order valence-electron chi connectivity index (χ3n) is 4.84. The lowest BCUT2D eigenvalue weighted by molar-refractivity contribution is -0.126. The molecule has 6 heteroatoms. The number of hydrogen-bond donors (Lipinski definition) is 2. The Bertz CT molecular complexity index is 566. The van der Waals surface area contributed by atoms with Crippen molar-refractivity contribution in [1.29, 1.82) is 0 Å². The number of nitrogens with two attached hydrogens (primary N) is 1. The number of carbonyl (C=O) groups is 1. The summed E-state index contributed by atoms with van der Waals surface area (Å²) in [6, 6.07) is 0.714. The molecule has 0 radical (unpaired) electrons. The molecule has 0 saturated heterocycles. The third kappa shape index (κ3) is 2.75. The molecule has 0 spiro atoms. The van der Waals surface area contributed by atoms with Crippen LogP contribution in [0.25, 0.3) is 0 Å². The minimum atomic E-state index is -0.553. The minimum absolute atomic E-state index is 0.209. The summed E-state index contributed by atoms with van der Waals surface area (Å²) in [7, 11) is 0. The third-order valence-corrected chi connectivity index (χ3v) is 5.98. The van der Waals surface area contributed by atoms with Crippen molar-refractivity contribution in [3.8, 4) is 0 Å². The lowest BCUT2D eigenvalue weighted by atomic mass is 9.78. The van der Waals surface area contributed by atoms with Crippen molar-refractivity contribution in [2.75, 3.05) is 0 Å². The Balaban J connectivity index is 1.86. The Morgan fingerprint density at radius 2 is 2.14 bits per heavy atom. The molecule has 0 aliphatic heterocycles. The smallest absolute Gasteiger partial charge is 0.237 e. The van der Waals surface area contributed by atoms with Crippen molar-refractivity contribution >= 4 is 21.8 Å². The van der Waals surface area contributed by atoms with E-state index in [1.54, 1.807) is 0 Å². The zero-order chi connectivity index (χ0) is 15.2. The van der Waals surface area contributed by atoms with Crippen LogP contribution in [0.15, 0.2) is 4.47 Å². The topological polar surface area (TPSA) is 72.9 Å². The summed E-state index contributed by atoms with van der Waals surface area (Å²) in [5, 5.41) is 8.16. The quantitative estimate of drug-likeness (QED) is 0.871. The second-order valence-electron chi connectivity index (χ2n) is 6.54. The molecule has 0 aromatic carbocycles. The van der Waals surface area contributed by atoms with E-state index in [0.717, 1.165) is 54.4 Å². The molecule has 2 atom stereocenters. The maximum atomic E-state index is 12.1. The molecular formula is C15H23BrN4O. The van der Waals surface area contributed by atoms with E-state index in [9.17, 15) is 4.79 Å². The lowest BCUT2D eigenvalue weighted by Gasteiger charge is -2.39.